The van der Waals surface area contributed by atoms with Crippen LogP contribution in [0.25, 0.3) is 6.08 Å². The highest BCUT2D eigenvalue weighted by Gasteiger charge is 2.18. The van der Waals surface area contributed by atoms with Crippen molar-refractivity contribution < 1.29 is 14.3 Å². The van der Waals surface area contributed by atoms with Crippen LogP contribution in [0.2, 0.25) is 0 Å². The third-order valence-electron chi connectivity index (χ3n) is 5.38. The zero-order valence-electron chi connectivity index (χ0n) is 19.8. The zero-order valence-corrected chi connectivity index (χ0v) is 20.6. The molecular formula is C26H27N5O3S. The Morgan fingerprint density at radius 2 is 1.71 bits per heavy atom. The van der Waals surface area contributed by atoms with Gasteiger partial charge in [-0.3, -0.25) is 10.1 Å². The van der Waals surface area contributed by atoms with Gasteiger partial charge in [-0.1, -0.05) is 29.5 Å². The van der Waals surface area contributed by atoms with Gasteiger partial charge in [-0.2, -0.15) is 5.26 Å². The minimum Gasteiger partial charge on any atom is -0.490 e. The molecule has 0 bridgehead atoms. The molecule has 0 radical (unpaired) electrons. The predicted molar refractivity (Wildman–Crippen MR) is 137 cm³/mol. The van der Waals surface area contributed by atoms with E-state index in [0.717, 1.165) is 47.9 Å². The number of carbonyl (C=O) groups excluding carboxylic acids is 1. The van der Waals surface area contributed by atoms with Crippen molar-refractivity contribution in [2.24, 2.45) is 0 Å². The van der Waals surface area contributed by atoms with Gasteiger partial charge < -0.3 is 14.4 Å². The number of aryl methyl sites for hydroxylation is 2. The predicted octanol–water partition coefficient (Wildman–Crippen LogP) is 4.76. The summed E-state index contributed by atoms with van der Waals surface area (Å²) in [6, 6.07) is 15.2. The first-order valence-corrected chi connectivity index (χ1v) is 12.3. The Labute approximate surface area is 208 Å². The average Bonchev–Trinajstić information content (AvgIpc) is 3.53. The van der Waals surface area contributed by atoms with Gasteiger partial charge in [-0.25, -0.2) is 0 Å². The first-order chi connectivity index (χ1) is 17.0. The van der Waals surface area contributed by atoms with Crippen LogP contribution in [0.4, 0.5) is 10.3 Å². The van der Waals surface area contributed by atoms with Crippen molar-refractivity contribution in [3.8, 4) is 17.6 Å². The smallest absolute Gasteiger partial charge is 0.268 e. The zero-order chi connectivity index (χ0) is 24.6. The number of benzene rings is 2. The summed E-state index contributed by atoms with van der Waals surface area (Å²) < 4.78 is 11.5. The molecule has 1 aliphatic heterocycles. The number of aromatic nitrogens is 2. The van der Waals surface area contributed by atoms with Gasteiger partial charge in [0, 0.05) is 13.1 Å². The molecule has 1 aromatic heterocycles. The Kier molecular flexibility index (Phi) is 7.95. The molecule has 1 amide bonds. The number of hydrogen-bond acceptors (Lipinski definition) is 8. The molecule has 8 nitrogen and oxygen atoms in total. The summed E-state index contributed by atoms with van der Waals surface area (Å²) in [4.78, 5) is 14.7. The van der Waals surface area contributed by atoms with Crippen LogP contribution in [0.1, 0.15) is 29.5 Å². The second kappa shape index (κ2) is 11.5. The third-order valence-corrected chi connectivity index (χ3v) is 6.28. The summed E-state index contributed by atoms with van der Waals surface area (Å²) in [6.07, 6.45) is 3.80. The lowest BCUT2D eigenvalue weighted by Crippen LogP contribution is -2.17. The van der Waals surface area contributed by atoms with E-state index in [1.54, 1.807) is 24.3 Å². The monoisotopic (exact) mass is 489 g/mol. The van der Waals surface area contributed by atoms with Crippen molar-refractivity contribution in [3.05, 3.63) is 64.7 Å². The second-order valence-corrected chi connectivity index (χ2v) is 9.25. The van der Waals surface area contributed by atoms with Crippen LogP contribution in [0, 0.1) is 25.2 Å². The molecule has 2 aromatic carbocycles. The number of nitriles is 1. The first kappa shape index (κ1) is 24.2. The van der Waals surface area contributed by atoms with Crippen LogP contribution in [-0.2, 0) is 4.79 Å². The molecule has 0 spiro atoms. The molecular weight excluding hydrogens is 462 g/mol. The number of nitrogens with one attached hydrogen (secondary N) is 1. The van der Waals surface area contributed by atoms with Crippen LogP contribution in [0.5, 0.6) is 11.5 Å². The van der Waals surface area contributed by atoms with Crippen molar-refractivity contribution in [1.82, 2.24) is 10.2 Å². The lowest BCUT2D eigenvalue weighted by Gasteiger charge is -2.10. The standard InChI is InChI=1S/C26H27N5O3S/c1-18-13-19(2)15-23(14-18)34-12-11-33-22-7-5-20(6-8-22)16-21(17-27)24(32)28-25-29-30-26(35-25)31-9-3-4-10-31/h5-8,13-16H,3-4,9-12H2,1-2H3,(H,28,29,32)/b21-16-. The number of carbonyl (C=O) groups is 1. The van der Waals surface area contributed by atoms with Crippen LogP contribution in [0.3, 0.4) is 0 Å². The van der Waals surface area contributed by atoms with Crippen molar-refractivity contribution in [3.63, 3.8) is 0 Å². The molecule has 2 heterocycles. The van der Waals surface area contributed by atoms with Crippen molar-refractivity contribution in [2.45, 2.75) is 26.7 Å². The Morgan fingerprint density at radius 1 is 1.06 bits per heavy atom. The second-order valence-electron chi connectivity index (χ2n) is 8.30. The van der Waals surface area contributed by atoms with E-state index < -0.39 is 5.91 Å². The van der Waals surface area contributed by atoms with E-state index in [2.05, 4.69) is 26.5 Å². The van der Waals surface area contributed by atoms with Gasteiger partial charge in [-0.15, -0.1) is 10.2 Å². The van der Waals surface area contributed by atoms with E-state index in [1.807, 2.05) is 32.0 Å². The average molecular weight is 490 g/mol. The van der Waals surface area contributed by atoms with Gasteiger partial charge in [-0.05, 0) is 73.7 Å². The van der Waals surface area contributed by atoms with E-state index in [9.17, 15) is 10.1 Å². The van der Waals surface area contributed by atoms with Crippen LogP contribution in [0.15, 0.2) is 48.0 Å². The van der Waals surface area contributed by atoms with Crippen LogP contribution in [-0.4, -0.2) is 42.4 Å². The number of rotatable bonds is 9. The lowest BCUT2D eigenvalue weighted by molar-refractivity contribution is -0.112. The molecule has 0 unspecified atom stereocenters. The maximum atomic E-state index is 12.6. The molecule has 0 saturated carbocycles. The SMILES string of the molecule is Cc1cc(C)cc(OCCOc2ccc(/C=C(/C#N)C(=O)Nc3nnc(N4CCCC4)s3)cc2)c1. The summed E-state index contributed by atoms with van der Waals surface area (Å²) in [5, 5.41) is 21.5. The van der Waals surface area contributed by atoms with Crippen LogP contribution < -0.4 is 19.7 Å². The van der Waals surface area contributed by atoms with E-state index in [1.165, 1.54) is 17.4 Å². The number of nitrogens with zero attached hydrogens (tertiary/aromatic N) is 4. The van der Waals surface area contributed by atoms with Gasteiger partial charge in [0.1, 0.15) is 36.4 Å². The minimum absolute atomic E-state index is 0.0153. The molecule has 180 valence electrons. The summed E-state index contributed by atoms with van der Waals surface area (Å²) in [5.41, 5.74) is 3.01. The molecule has 35 heavy (non-hydrogen) atoms. The normalized spacial score (nSPS) is 13.4. The molecule has 4 rings (SSSR count). The molecule has 3 aromatic rings. The third kappa shape index (κ3) is 6.80. The highest BCUT2D eigenvalue weighted by Crippen LogP contribution is 2.27. The molecule has 1 fully saturated rings. The summed E-state index contributed by atoms with van der Waals surface area (Å²) in [5.74, 6) is 0.993. The fourth-order valence-corrected chi connectivity index (χ4v) is 4.57. The van der Waals surface area contributed by atoms with Crippen molar-refractivity contribution in [1.29, 1.82) is 5.26 Å². The molecule has 1 saturated heterocycles. The summed E-state index contributed by atoms with van der Waals surface area (Å²) >= 11 is 1.31. The van der Waals surface area contributed by atoms with Crippen molar-refractivity contribution in [2.75, 3.05) is 36.5 Å². The maximum Gasteiger partial charge on any atom is 0.268 e. The summed E-state index contributed by atoms with van der Waals surface area (Å²) in [6.45, 7) is 6.80. The fraction of sp³-hybridized carbons (Fsp3) is 0.308. The van der Waals surface area contributed by atoms with Gasteiger partial charge >= 0.3 is 0 Å². The molecule has 1 aliphatic rings. The molecule has 1 N–H and O–H groups in total. The Balaban J connectivity index is 1.28. The van der Waals surface area contributed by atoms with Gasteiger partial charge in [0.15, 0.2) is 0 Å². The highest BCUT2D eigenvalue weighted by molar-refractivity contribution is 7.19. The number of hydrogen-bond donors (Lipinski definition) is 1. The molecule has 9 heteroatoms. The number of ether oxygens (including phenoxy) is 2. The topological polar surface area (TPSA) is 100 Å². The lowest BCUT2D eigenvalue weighted by atomic mass is 10.1. The first-order valence-electron chi connectivity index (χ1n) is 11.5. The quantitative estimate of drug-likeness (QED) is 0.263. The van der Waals surface area contributed by atoms with E-state index >= 15 is 0 Å². The summed E-state index contributed by atoms with van der Waals surface area (Å²) in [7, 11) is 0. The molecule has 0 aliphatic carbocycles. The number of amides is 1. The minimum atomic E-state index is -0.513. The number of anilines is 2. The highest BCUT2D eigenvalue weighted by atomic mass is 32.1. The Hall–Kier alpha value is -3.90. The van der Waals surface area contributed by atoms with Gasteiger partial charge in [0.2, 0.25) is 10.3 Å². The van der Waals surface area contributed by atoms with Crippen LogP contribution >= 0.6 is 11.3 Å². The fourth-order valence-electron chi connectivity index (χ4n) is 3.78. The van der Waals surface area contributed by atoms with E-state index in [4.69, 9.17) is 9.47 Å². The van der Waals surface area contributed by atoms with E-state index in [0.29, 0.717) is 29.7 Å². The Morgan fingerprint density at radius 3 is 2.37 bits per heavy atom. The Bertz CT molecular complexity index is 1220. The van der Waals surface area contributed by atoms with Crippen molar-refractivity contribution >= 4 is 33.6 Å². The van der Waals surface area contributed by atoms with Gasteiger partial charge in [0.25, 0.3) is 5.91 Å². The van der Waals surface area contributed by atoms with Gasteiger partial charge in [0.05, 0.1) is 0 Å². The maximum absolute atomic E-state index is 12.6. The largest absolute Gasteiger partial charge is 0.490 e. The van der Waals surface area contributed by atoms with E-state index in [-0.39, 0.29) is 5.57 Å². The molecule has 0 atom stereocenters.